The molecular weight excluding hydrogens is 474 g/mol. The summed E-state index contributed by atoms with van der Waals surface area (Å²) in [5.74, 6) is -2.52. The van der Waals surface area contributed by atoms with E-state index in [2.05, 4.69) is 13.2 Å². The summed E-state index contributed by atoms with van der Waals surface area (Å²) in [6, 6.07) is 13.2. The number of benzene rings is 3. The lowest BCUT2D eigenvalue weighted by atomic mass is 10.0. The first-order chi connectivity index (χ1) is 17.1. The Hall–Kier alpha value is -4.79. The molecule has 0 aliphatic rings. The Kier molecular flexibility index (Phi) is 7.96. The second kappa shape index (κ2) is 11.1. The normalized spacial score (nSPS) is 10.2. The van der Waals surface area contributed by atoms with Crippen LogP contribution in [0.25, 0.3) is 10.8 Å². The Labute approximate surface area is 204 Å². The van der Waals surface area contributed by atoms with Crippen molar-refractivity contribution in [1.82, 2.24) is 0 Å². The Morgan fingerprint density at radius 2 is 1.33 bits per heavy atom. The number of rotatable bonds is 8. The molecule has 0 unspecified atom stereocenters. The zero-order valence-corrected chi connectivity index (χ0v) is 19.3. The van der Waals surface area contributed by atoms with Crippen LogP contribution in [0, 0.1) is 0 Å². The van der Waals surface area contributed by atoms with Crippen LogP contribution in [0.1, 0.15) is 24.2 Å². The summed E-state index contributed by atoms with van der Waals surface area (Å²) in [6.07, 6.45) is -1.98. The standard InChI is InChI=1S/C27H20F2O7/c1-15(2)25(30)35-21-12-10-20(18-7-5-6-8-19(18)21)27(32)34-17-9-11-22(36-26(31)16(3)4)23(13-17)33-14-24(28)29/h5-14H,1,3H2,2,4H3. The van der Waals surface area contributed by atoms with Gasteiger partial charge < -0.3 is 18.9 Å². The van der Waals surface area contributed by atoms with E-state index in [0.717, 1.165) is 6.07 Å². The zero-order valence-electron chi connectivity index (χ0n) is 19.3. The maximum Gasteiger partial charge on any atom is 0.344 e. The van der Waals surface area contributed by atoms with E-state index in [9.17, 15) is 23.2 Å². The molecule has 0 amide bonds. The van der Waals surface area contributed by atoms with Crippen molar-refractivity contribution in [3.05, 3.63) is 96.8 Å². The van der Waals surface area contributed by atoms with Crippen molar-refractivity contribution >= 4 is 28.7 Å². The molecule has 0 saturated carbocycles. The quantitative estimate of drug-likeness (QED) is 0.161. The number of ether oxygens (including phenoxy) is 4. The van der Waals surface area contributed by atoms with Crippen LogP contribution < -0.4 is 18.9 Å². The predicted octanol–water partition coefficient (Wildman–Crippen LogP) is 6.14. The molecular formula is C27H20F2O7. The molecule has 0 bridgehead atoms. The highest BCUT2D eigenvalue weighted by Crippen LogP contribution is 2.34. The zero-order chi connectivity index (χ0) is 26.4. The van der Waals surface area contributed by atoms with Gasteiger partial charge in [-0.3, -0.25) is 0 Å². The highest BCUT2D eigenvalue weighted by Gasteiger charge is 2.19. The van der Waals surface area contributed by atoms with Gasteiger partial charge in [0.05, 0.1) is 5.56 Å². The van der Waals surface area contributed by atoms with Crippen molar-refractivity contribution in [3.63, 3.8) is 0 Å². The molecule has 3 rings (SSSR count). The molecule has 0 aliphatic carbocycles. The highest BCUT2D eigenvalue weighted by molar-refractivity contribution is 6.07. The molecule has 0 N–H and O–H groups in total. The number of esters is 3. The largest absolute Gasteiger partial charge is 0.455 e. The molecule has 0 radical (unpaired) electrons. The minimum absolute atomic E-state index is 0.0698. The first-order valence-corrected chi connectivity index (χ1v) is 10.4. The lowest BCUT2D eigenvalue weighted by Gasteiger charge is -2.13. The third-order valence-electron chi connectivity index (χ3n) is 4.61. The monoisotopic (exact) mass is 494 g/mol. The van der Waals surface area contributed by atoms with Crippen molar-refractivity contribution in [1.29, 1.82) is 0 Å². The maximum atomic E-state index is 13.0. The van der Waals surface area contributed by atoms with Gasteiger partial charge in [0.2, 0.25) is 0 Å². The second-order valence-electron chi connectivity index (χ2n) is 7.52. The number of carbonyl (C=O) groups is 3. The topological polar surface area (TPSA) is 88.1 Å². The molecule has 0 aromatic heterocycles. The first kappa shape index (κ1) is 25.8. The lowest BCUT2D eigenvalue weighted by molar-refractivity contribution is -0.130. The van der Waals surface area contributed by atoms with Crippen LogP contribution in [0.4, 0.5) is 8.78 Å². The molecule has 184 valence electrons. The van der Waals surface area contributed by atoms with E-state index < -0.39 is 24.0 Å². The maximum absolute atomic E-state index is 13.0. The summed E-state index contributed by atoms with van der Waals surface area (Å²) in [5, 5.41) is 0.927. The first-order valence-electron chi connectivity index (χ1n) is 10.4. The molecule has 7 nitrogen and oxygen atoms in total. The molecule has 0 saturated heterocycles. The van der Waals surface area contributed by atoms with Crippen LogP contribution in [-0.2, 0) is 9.59 Å². The average molecular weight is 494 g/mol. The van der Waals surface area contributed by atoms with Gasteiger partial charge in [0.25, 0.3) is 0 Å². The van der Waals surface area contributed by atoms with E-state index in [0.29, 0.717) is 10.8 Å². The second-order valence-corrected chi connectivity index (χ2v) is 7.52. The van der Waals surface area contributed by atoms with Gasteiger partial charge in [-0.1, -0.05) is 37.4 Å². The molecule has 3 aromatic carbocycles. The van der Waals surface area contributed by atoms with Crippen LogP contribution >= 0.6 is 0 Å². The summed E-state index contributed by atoms with van der Waals surface area (Å²) in [4.78, 5) is 36.8. The summed E-state index contributed by atoms with van der Waals surface area (Å²) in [5.41, 5.74) is 0.434. The fourth-order valence-electron chi connectivity index (χ4n) is 2.91. The fraction of sp³-hybridized carbons (Fsp3) is 0.0741. The van der Waals surface area contributed by atoms with Gasteiger partial charge in [0.1, 0.15) is 11.5 Å². The van der Waals surface area contributed by atoms with Gasteiger partial charge in [0.15, 0.2) is 17.8 Å². The summed E-state index contributed by atoms with van der Waals surface area (Å²) < 4.78 is 45.9. The number of hydrogen-bond donors (Lipinski definition) is 0. The van der Waals surface area contributed by atoms with E-state index in [-0.39, 0.29) is 46.0 Å². The number of halogens is 2. The molecule has 0 heterocycles. The van der Waals surface area contributed by atoms with Gasteiger partial charge in [-0.05, 0) is 43.5 Å². The van der Waals surface area contributed by atoms with Crippen molar-refractivity contribution in [3.8, 4) is 23.0 Å². The summed E-state index contributed by atoms with van der Waals surface area (Å²) in [6.45, 7) is 9.92. The van der Waals surface area contributed by atoms with E-state index >= 15 is 0 Å². The van der Waals surface area contributed by atoms with Crippen molar-refractivity contribution < 1.29 is 42.1 Å². The van der Waals surface area contributed by atoms with E-state index in [4.69, 9.17) is 18.9 Å². The summed E-state index contributed by atoms with van der Waals surface area (Å²) in [7, 11) is 0. The molecule has 0 fully saturated rings. The predicted molar refractivity (Wildman–Crippen MR) is 127 cm³/mol. The lowest BCUT2D eigenvalue weighted by Crippen LogP contribution is -2.12. The van der Waals surface area contributed by atoms with E-state index in [1.165, 1.54) is 38.1 Å². The van der Waals surface area contributed by atoms with Crippen LogP contribution in [0.15, 0.2) is 91.2 Å². The van der Waals surface area contributed by atoms with Crippen LogP contribution in [0.2, 0.25) is 0 Å². The number of fused-ring (bicyclic) bond motifs is 1. The minimum Gasteiger partial charge on any atom is -0.455 e. The van der Waals surface area contributed by atoms with Crippen LogP contribution in [0.3, 0.4) is 0 Å². The van der Waals surface area contributed by atoms with Crippen molar-refractivity contribution in [2.75, 3.05) is 0 Å². The Balaban J connectivity index is 1.93. The third-order valence-corrected chi connectivity index (χ3v) is 4.61. The third kappa shape index (κ3) is 6.20. The minimum atomic E-state index is -2.13. The molecule has 0 aliphatic heterocycles. The molecule has 0 atom stereocenters. The molecule has 9 heteroatoms. The number of carbonyl (C=O) groups excluding carboxylic acids is 3. The average Bonchev–Trinajstić information content (AvgIpc) is 2.83. The van der Waals surface area contributed by atoms with Gasteiger partial charge in [0, 0.05) is 22.6 Å². The highest BCUT2D eigenvalue weighted by atomic mass is 19.3. The van der Waals surface area contributed by atoms with E-state index in [1.807, 2.05) is 0 Å². The number of hydrogen-bond acceptors (Lipinski definition) is 7. The molecule has 3 aromatic rings. The van der Waals surface area contributed by atoms with Gasteiger partial charge in [-0.2, -0.15) is 8.78 Å². The fourth-order valence-corrected chi connectivity index (χ4v) is 2.91. The van der Waals surface area contributed by atoms with Crippen LogP contribution in [-0.4, -0.2) is 17.9 Å². The van der Waals surface area contributed by atoms with Crippen LogP contribution in [0.5, 0.6) is 23.0 Å². The SMILES string of the molecule is C=C(C)C(=O)Oc1ccc(OC(=O)c2ccc(OC(=O)C(=C)C)c3ccccc23)cc1OC=C(F)F. The molecule has 36 heavy (non-hydrogen) atoms. The van der Waals surface area contributed by atoms with E-state index in [1.54, 1.807) is 24.3 Å². The summed E-state index contributed by atoms with van der Waals surface area (Å²) >= 11 is 0. The Bertz CT molecular complexity index is 1420. The van der Waals surface area contributed by atoms with Crippen molar-refractivity contribution in [2.45, 2.75) is 13.8 Å². The Morgan fingerprint density at radius 3 is 1.94 bits per heavy atom. The van der Waals surface area contributed by atoms with Crippen molar-refractivity contribution in [2.24, 2.45) is 0 Å². The smallest absolute Gasteiger partial charge is 0.344 e. The van der Waals surface area contributed by atoms with Gasteiger partial charge in [-0.15, -0.1) is 0 Å². The van der Waals surface area contributed by atoms with Gasteiger partial charge >= 0.3 is 24.0 Å². The molecule has 0 spiro atoms. The Morgan fingerprint density at radius 1 is 0.750 bits per heavy atom. The van der Waals surface area contributed by atoms with Gasteiger partial charge in [-0.25, -0.2) is 14.4 Å².